The summed E-state index contributed by atoms with van der Waals surface area (Å²) in [5, 5.41) is 0. The van der Waals surface area contributed by atoms with Crippen LogP contribution >= 0.6 is 17.0 Å². The second-order valence-corrected chi connectivity index (χ2v) is 13.0. The standard InChI is InChI=1S/C37H47N4O4.BrH/c1-41(2,28-14-24-40-35(42)32-18-8-9-19-33(32)36(40)43)27-13-4-3-12-23-39-25-21-30(22-26-39)37(44)45-38-34-20-11-10-17-31(34)29-15-6-5-7-16-29;/h5-11,15-20,30,38H,3-4,12-14,21-28H2,1-2H3;1H/q+1;. The van der Waals surface area contributed by atoms with Gasteiger partial charge >= 0.3 is 5.97 Å². The molecule has 2 aliphatic heterocycles. The predicted molar refractivity (Wildman–Crippen MR) is 188 cm³/mol. The van der Waals surface area contributed by atoms with Crippen LogP contribution in [-0.2, 0) is 9.63 Å². The van der Waals surface area contributed by atoms with Crippen LogP contribution in [0.1, 0.15) is 65.7 Å². The number of carbonyl (C=O) groups excluding carboxylic acids is 3. The van der Waals surface area contributed by atoms with Crippen LogP contribution in [0.2, 0.25) is 0 Å². The van der Waals surface area contributed by atoms with Crippen LogP contribution in [0.15, 0.2) is 78.9 Å². The van der Waals surface area contributed by atoms with Crippen LogP contribution < -0.4 is 5.48 Å². The highest BCUT2D eigenvalue weighted by molar-refractivity contribution is 8.93. The number of hydrogen-bond donors (Lipinski definition) is 1. The average molecular weight is 693 g/mol. The lowest BCUT2D eigenvalue weighted by atomic mass is 9.97. The van der Waals surface area contributed by atoms with Crippen molar-refractivity contribution in [2.75, 3.05) is 58.8 Å². The number of piperidine rings is 1. The number of para-hydroxylation sites is 1. The van der Waals surface area contributed by atoms with Crippen molar-refractivity contribution >= 4 is 40.5 Å². The van der Waals surface area contributed by atoms with E-state index in [-0.39, 0.29) is 40.7 Å². The number of fused-ring (bicyclic) bond motifs is 1. The van der Waals surface area contributed by atoms with E-state index < -0.39 is 0 Å². The monoisotopic (exact) mass is 691 g/mol. The lowest BCUT2D eigenvalue weighted by Gasteiger charge is -2.31. The molecule has 0 aliphatic carbocycles. The quantitative estimate of drug-likeness (QED) is 0.0814. The first-order valence-electron chi connectivity index (χ1n) is 16.4. The van der Waals surface area contributed by atoms with Gasteiger partial charge in [0.2, 0.25) is 0 Å². The van der Waals surface area contributed by atoms with Crippen LogP contribution in [-0.4, -0.2) is 85.4 Å². The fraction of sp³-hybridized carbons (Fsp3) is 0.432. The van der Waals surface area contributed by atoms with Gasteiger partial charge in [0.15, 0.2) is 0 Å². The number of benzene rings is 3. The molecular formula is C37H48BrN4O4+. The van der Waals surface area contributed by atoms with Gasteiger partial charge in [0.25, 0.3) is 11.8 Å². The van der Waals surface area contributed by atoms with Crippen molar-refractivity contribution in [1.29, 1.82) is 0 Å². The first kappa shape index (κ1) is 35.3. The highest BCUT2D eigenvalue weighted by atomic mass is 79.9. The van der Waals surface area contributed by atoms with Gasteiger partial charge in [0.1, 0.15) is 0 Å². The Hall–Kier alpha value is -3.53. The normalized spacial score (nSPS) is 15.4. The number of amides is 2. The number of nitrogens with one attached hydrogen (secondary N) is 1. The minimum Gasteiger partial charge on any atom is -0.343 e. The topological polar surface area (TPSA) is 79.0 Å². The number of halogens is 1. The number of quaternary nitrogens is 1. The molecule has 5 rings (SSSR count). The van der Waals surface area contributed by atoms with Gasteiger partial charge in [-0.25, -0.2) is 10.3 Å². The second kappa shape index (κ2) is 16.9. The third kappa shape index (κ3) is 9.27. The molecule has 1 fully saturated rings. The summed E-state index contributed by atoms with van der Waals surface area (Å²) in [5.74, 6) is -0.581. The van der Waals surface area contributed by atoms with E-state index in [1.807, 2.05) is 54.6 Å². The summed E-state index contributed by atoms with van der Waals surface area (Å²) in [7, 11) is 4.46. The molecule has 0 saturated carbocycles. The van der Waals surface area contributed by atoms with Crippen LogP contribution in [0.3, 0.4) is 0 Å². The molecule has 3 aromatic rings. The molecule has 46 heavy (non-hydrogen) atoms. The van der Waals surface area contributed by atoms with Gasteiger partial charge in [-0.05, 0) is 75.5 Å². The molecule has 2 aliphatic rings. The number of carbonyl (C=O) groups is 3. The minimum absolute atomic E-state index is 0. The summed E-state index contributed by atoms with van der Waals surface area (Å²) in [4.78, 5) is 47.4. The van der Waals surface area contributed by atoms with Crippen molar-refractivity contribution in [3.8, 4) is 11.1 Å². The van der Waals surface area contributed by atoms with Crippen molar-refractivity contribution in [3.05, 3.63) is 90.0 Å². The van der Waals surface area contributed by atoms with Crippen molar-refractivity contribution in [2.45, 2.75) is 44.9 Å². The van der Waals surface area contributed by atoms with Crippen molar-refractivity contribution in [3.63, 3.8) is 0 Å². The summed E-state index contributed by atoms with van der Waals surface area (Å²) < 4.78 is 0.888. The maximum Gasteiger partial charge on any atom is 0.335 e. The lowest BCUT2D eigenvalue weighted by Crippen LogP contribution is -2.43. The first-order valence-corrected chi connectivity index (χ1v) is 16.4. The Labute approximate surface area is 284 Å². The molecule has 0 radical (unpaired) electrons. The zero-order valence-corrected chi connectivity index (χ0v) is 28.9. The number of anilines is 1. The molecule has 2 amide bonds. The fourth-order valence-electron chi connectivity index (χ4n) is 6.46. The van der Waals surface area contributed by atoms with Crippen molar-refractivity contribution < 1.29 is 23.7 Å². The summed E-state index contributed by atoms with van der Waals surface area (Å²) >= 11 is 0. The van der Waals surface area contributed by atoms with E-state index in [9.17, 15) is 14.4 Å². The van der Waals surface area contributed by atoms with Gasteiger partial charge < -0.3 is 14.2 Å². The Bertz CT molecular complexity index is 1420. The highest BCUT2D eigenvalue weighted by Gasteiger charge is 2.35. The molecule has 246 valence electrons. The summed E-state index contributed by atoms with van der Waals surface area (Å²) in [6.07, 6.45) is 7.18. The van der Waals surface area contributed by atoms with E-state index in [0.29, 0.717) is 17.7 Å². The Morgan fingerprint density at radius 3 is 1.98 bits per heavy atom. The predicted octanol–water partition coefficient (Wildman–Crippen LogP) is 6.84. The van der Waals surface area contributed by atoms with E-state index in [2.05, 4.69) is 24.5 Å². The minimum atomic E-state index is -0.179. The van der Waals surface area contributed by atoms with Crippen LogP contribution in [0.5, 0.6) is 0 Å². The number of rotatable bonds is 15. The van der Waals surface area contributed by atoms with E-state index in [4.69, 9.17) is 4.84 Å². The number of hydrogen-bond acceptors (Lipinski definition) is 6. The smallest absolute Gasteiger partial charge is 0.335 e. The van der Waals surface area contributed by atoms with E-state index >= 15 is 0 Å². The zero-order valence-electron chi connectivity index (χ0n) is 27.2. The molecule has 0 unspecified atom stereocenters. The van der Waals surface area contributed by atoms with Crippen LogP contribution in [0, 0.1) is 5.92 Å². The largest absolute Gasteiger partial charge is 0.343 e. The molecule has 8 nitrogen and oxygen atoms in total. The van der Waals surface area contributed by atoms with Gasteiger partial charge in [-0.1, -0.05) is 67.1 Å². The van der Waals surface area contributed by atoms with Crippen molar-refractivity contribution in [1.82, 2.24) is 9.80 Å². The molecule has 0 spiro atoms. The second-order valence-electron chi connectivity index (χ2n) is 13.0. The summed E-state index contributed by atoms with van der Waals surface area (Å²) in [5.41, 5.74) is 6.84. The molecule has 3 aromatic carbocycles. The van der Waals surface area contributed by atoms with E-state index in [1.54, 1.807) is 24.3 Å². The lowest BCUT2D eigenvalue weighted by molar-refractivity contribution is -0.890. The molecule has 1 N–H and O–H groups in total. The summed E-state index contributed by atoms with van der Waals surface area (Å²) in [6, 6.07) is 25.0. The van der Waals surface area contributed by atoms with Crippen LogP contribution in [0.4, 0.5) is 5.69 Å². The van der Waals surface area contributed by atoms with Gasteiger partial charge in [0.05, 0.1) is 49.9 Å². The molecular weight excluding hydrogens is 644 g/mol. The highest BCUT2D eigenvalue weighted by Crippen LogP contribution is 2.28. The van der Waals surface area contributed by atoms with E-state index in [0.717, 1.165) is 79.7 Å². The Morgan fingerprint density at radius 2 is 1.30 bits per heavy atom. The average Bonchev–Trinajstić information content (AvgIpc) is 3.31. The SMILES string of the molecule is Br.C[N+](C)(CCCCCCN1CCC(C(=O)ONc2ccccc2-c2ccccc2)CC1)CCCN1C(=O)c2ccccc2C1=O. The molecule has 0 aromatic heterocycles. The molecule has 1 saturated heterocycles. The molecule has 0 atom stereocenters. The first-order chi connectivity index (χ1) is 21.8. The maximum absolute atomic E-state index is 12.8. The molecule has 9 heteroatoms. The zero-order chi connectivity index (χ0) is 31.6. The number of likely N-dealkylation sites (tertiary alicyclic amines) is 1. The van der Waals surface area contributed by atoms with Gasteiger partial charge in [-0.15, -0.1) is 17.0 Å². The fourth-order valence-corrected chi connectivity index (χ4v) is 6.46. The van der Waals surface area contributed by atoms with Gasteiger partial charge in [-0.3, -0.25) is 14.5 Å². The van der Waals surface area contributed by atoms with Crippen molar-refractivity contribution in [2.24, 2.45) is 5.92 Å². The third-order valence-electron chi connectivity index (χ3n) is 9.21. The summed E-state index contributed by atoms with van der Waals surface area (Å²) in [6.45, 7) is 5.41. The molecule has 2 heterocycles. The third-order valence-corrected chi connectivity index (χ3v) is 9.21. The van der Waals surface area contributed by atoms with Gasteiger partial charge in [-0.2, -0.15) is 0 Å². The number of nitrogens with zero attached hydrogens (tertiary/aromatic N) is 3. The Balaban J connectivity index is 0.00000480. The van der Waals surface area contributed by atoms with Gasteiger partial charge in [0, 0.05) is 18.5 Å². The van der Waals surface area contributed by atoms with E-state index in [1.165, 1.54) is 24.2 Å². The van der Waals surface area contributed by atoms with Crippen LogP contribution in [0.25, 0.3) is 11.1 Å². The Kier molecular flexibility index (Phi) is 12.9. The maximum atomic E-state index is 12.8. The molecule has 0 bridgehead atoms. The Morgan fingerprint density at radius 1 is 0.739 bits per heavy atom. The number of imide groups is 1. The number of unbranched alkanes of at least 4 members (excludes halogenated alkanes) is 3.